The molecule has 11 heteroatoms. The number of benzene rings is 1. The Bertz CT molecular complexity index is 1520. The van der Waals surface area contributed by atoms with E-state index < -0.39 is 11.6 Å². The van der Waals surface area contributed by atoms with E-state index in [4.69, 9.17) is 9.17 Å². The van der Waals surface area contributed by atoms with Crippen LogP contribution in [0.3, 0.4) is 0 Å². The number of anilines is 1. The molecular weight excluding hydrogens is 498 g/mol. The van der Waals surface area contributed by atoms with Gasteiger partial charge in [0.15, 0.2) is 5.65 Å². The average molecular weight is 523 g/mol. The molecule has 1 aromatic carbocycles. The van der Waals surface area contributed by atoms with E-state index in [-0.39, 0.29) is 29.1 Å². The fourth-order valence-corrected chi connectivity index (χ4v) is 4.71. The van der Waals surface area contributed by atoms with E-state index in [0.717, 1.165) is 18.2 Å². The molecule has 37 heavy (non-hydrogen) atoms. The summed E-state index contributed by atoms with van der Waals surface area (Å²) in [5.74, 6) is -0.650. The van der Waals surface area contributed by atoms with Crippen molar-refractivity contribution in [3.8, 4) is 17.0 Å². The van der Waals surface area contributed by atoms with Crippen LogP contribution in [0.4, 0.5) is 14.6 Å². The number of carbonyl (C=O) groups is 1. The molecule has 0 spiro atoms. The number of nitrogens with one attached hydrogen (secondary N) is 1. The summed E-state index contributed by atoms with van der Waals surface area (Å²) in [7, 11) is 1.75. The first-order valence-corrected chi connectivity index (χ1v) is 12.4. The highest BCUT2D eigenvalue weighted by Gasteiger charge is 2.24. The van der Waals surface area contributed by atoms with Gasteiger partial charge in [-0.1, -0.05) is 24.3 Å². The SMILES string of the molecule is C/C=C/c1cccc(F)c1-c1cn2ncc3c2nc1N(C)Cc1cc(F)cnc1OS[C@@H](C)CNC3=O. The lowest BCUT2D eigenvalue weighted by atomic mass is 9.99. The van der Waals surface area contributed by atoms with Gasteiger partial charge in [-0.3, -0.25) is 4.79 Å². The minimum absolute atomic E-state index is 0.118. The van der Waals surface area contributed by atoms with Crippen LogP contribution in [0, 0.1) is 11.6 Å². The van der Waals surface area contributed by atoms with E-state index >= 15 is 4.39 Å². The number of hydrogen-bond acceptors (Lipinski definition) is 7. The van der Waals surface area contributed by atoms with Gasteiger partial charge in [-0.15, -0.1) is 0 Å². The predicted molar refractivity (Wildman–Crippen MR) is 139 cm³/mol. The van der Waals surface area contributed by atoms with Crippen LogP contribution in [0.1, 0.15) is 35.3 Å². The summed E-state index contributed by atoms with van der Waals surface area (Å²) in [5, 5.41) is 7.08. The molecule has 1 atom stereocenters. The van der Waals surface area contributed by atoms with Crippen molar-refractivity contribution in [3.05, 3.63) is 77.3 Å². The number of carbonyl (C=O) groups excluding carboxylic acids is 1. The highest BCUT2D eigenvalue weighted by Crippen LogP contribution is 2.36. The Morgan fingerprint density at radius 3 is 2.89 bits per heavy atom. The molecular formula is C26H24F2N6O2S. The van der Waals surface area contributed by atoms with Crippen molar-refractivity contribution in [1.82, 2.24) is 24.9 Å². The maximum absolute atomic E-state index is 15.3. The molecule has 1 amide bonds. The number of amides is 1. The Balaban J connectivity index is 1.75. The predicted octanol–water partition coefficient (Wildman–Crippen LogP) is 4.90. The van der Waals surface area contributed by atoms with Crippen molar-refractivity contribution in [1.29, 1.82) is 0 Å². The topological polar surface area (TPSA) is 84.7 Å². The van der Waals surface area contributed by atoms with Crippen molar-refractivity contribution in [3.63, 3.8) is 0 Å². The Morgan fingerprint density at radius 1 is 1.24 bits per heavy atom. The monoisotopic (exact) mass is 522 g/mol. The Labute approximate surface area is 216 Å². The summed E-state index contributed by atoms with van der Waals surface area (Å²) in [6.07, 6.45) is 7.81. The lowest BCUT2D eigenvalue weighted by molar-refractivity contribution is 0.0955. The molecule has 8 nitrogen and oxygen atoms in total. The number of nitrogens with zero attached hydrogens (tertiary/aromatic N) is 5. The van der Waals surface area contributed by atoms with E-state index in [1.54, 1.807) is 36.4 Å². The Hall–Kier alpha value is -3.99. The second kappa shape index (κ2) is 10.2. The van der Waals surface area contributed by atoms with E-state index in [0.29, 0.717) is 40.3 Å². The van der Waals surface area contributed by atoms with Crippen LogP contribution >= 0.6 is 12.0 Å². The maximum Gasteiger partial charge on any atom is 0.256 e. The normalized spacial score (nSPS) is 16.5. The molecule has 0 radical (unpaired) electrons. The van der Waals surface area contributed by atoms with Crippen LogP contribution in [0.5, 0.6) is 5.88 Å². The fourth-order valence-electron chi connectivity index (χ4n) is 4.15. The van der Waals surface area contributed by atoms with Crippen LogP contribution in [0.2, 0.25) is 0 Å². The molecule has 5 rings (SSSR count). The van der Waals surface area contributed by atoms with Crippen molar-refractivity contribution in [2.24, 2.45) is 0 Å². The second-order valence-electron chi connectivity index (χ2n) is 8.68. The zero-order valence-electron chi connectivity index (χ0n) is 20.4. The third kappa shape index (κ3) is 4.86. The summed E-state index contributed by atoms with van der Waals surface area (Å²) in [6.45, 7) is 4.21. The molecule has 0 saturated heterocycles. The summed E-state index contributed by atoms with van der Waals surface area (Å²) >= 11 is 1.12. The van der Waals surface area contributed by atoms with Gasteiger partial charge in [0.1, 0.15) is 23.0 Å². The van der Waals surface area contributed by atoms with Crippen LogP contribution < -0.4 is 14.4 Å². The molecule has 4 heterocycles. The minimum atomic E-state index is -0.506. The highest BCUT2D eigenvalue weighted by molar-refractivity contribution is 7.95. The molecule has 0 saturated carbocycles. The maximum atomic E-state index is 15.3. The lowest BCUT2D eigenvalue weighted by Crippen LogP contribution is -2.30. The van der Waals surface area contributed by atoms with Crippen LogP contribution in [0.15, 0.2) is 48.9 Å². The molecule has 0 unspecified atom stereocenters. The number of rotatable bonds is 2. The molecule has 1 aliphatic heterocycles. The van der Waals surface area contributed by atoms with E-state index in [9.17, 15) is 9.18 Å². The summed E-state index contributed by atoms with van der Waals surface area (Å²) in [4.78, 5) is 23.6. The molecule has 1 N–H and O–H groups in total. The van der Waals surface area contributed by atoms with Gasteiger partial charge in [0.05, 0.1) is 29.7 Å². The third-order valence-corrected chi connectivity index (χ3v) is 6.63. The van der Waals surface area contributed by atoms with Gasteiger partial charge in [0.2, 0.25) is 5.88 Å². The first-order chi connectivity index (χ1) is 17.9. The van der Waals surface area contributed by atoms with Crippen LogP contribution in [0.25, 0.3) is 22.9 Å². The van der Waals surface area contributed by atoms with Gasteiger partial charge in [0, 0.05) is 43.0 Å². The van der Waals surface area contributed by atoms with Crippen LogP contribution in [-0.2, 0) is 6.54 Å². The van der Waals surface area contributed by atoms with Crippen LogP contribution in [-0.4, -0.2) is 44.3 Å². The lowest BCUT2D eigenvalue weighted by Gasteiger charge is -2.24. The van der Waals surface area contributed by atoms with E-state index in [1.165, 1.54) is 22.8 Å². The van der Waals surface area contributed by atoms with Gasteiger partial charge in [-0.05, 0) is 31.5 Å². The molecule has 2 bridgehead atoms. The molecule has 4 aromatic rings. The quantitative estimate of drug-likeness (QED) is 0.375. The van der Waals surface area contributed by atoms with Gasteiger partial charge < -0.3 is 14.4 Å². The number of hydrogen-bond donors (Lipinski definition) is 1. The summed E-state index contributed by atoms with van der Waals surface area (Å²) < 4.78 is 36.8. The average Bonchev–Trinajstić information content (AvgIpc) is 3.29. The zero-order chi connectivity index (χ0) is 26.1. The van der Waals surface area contributed by atoms with Crippen molar-refractivity contribution >= 4 is 35.5 Å². The standard InChI is InChI=1S/C26H24F2N6O2S/c1-4-6-16-7-5-8-21(28)22(16)20-14-34-24-19(12-31-34)25(35)29-10-15(2)37-36-26-17(9-18(27)11-30-26)13-33(3)23(20)32-24/h4-9,11-12,14-15H,10,13H2,1-3H3,(H,29,35)/b6-4+/t15-/m0/s1. The summed E-state index contributed by atoms with van der Waals surface area (Å²) in [5.41, 5.74) is 2.53. The van der Waals surface area contributed by atoms with E-state index in [1.807, 2.05) is 19.9 Å². The second-order valence-corrected chi connectivity index (χ2v) is 9.85. The van der Waals surface area contributed by atoms with Gasteiger partial charge in [0.25, 0.3) is 5.91 Å². The summed E-state index contributed by atoms with van der Waals surface area (Å²) in [6, 6.07) is 6.18. The number of halogens is 2. The fraction of sp³-hybridized carbons (Fsp3) is 0.231. The zero-order valence-corrected chi connectivity index (χ0v) is 21.2. The van der Waals surface area contributed by atoms with Crippen molar-refractivity contribution in [2.75, 3.05) is 18.5 Å². The molecule has 0 fully saturated rings. The van der Waals surface area contributed by atoms with Gasteiger partial charge in [-0.2, -0.15) is 5.10 Å². The van der Waals surface area contributed by atoms with Gasteiger partial charge in [-0.25, -0.2) is 23.3 Å². The number of allylic oxidation sites excluding steroid dienone is 1. The highest BCUT2D eigenvalue weighted by atomic mass is 32.2. The molecule has 3 aromatic heterocycles. The Morgan fingerprint density at radius 2 is 2.08 bits per heavy atom. The first-order valence-electron chi connectivity index (χ1n) is 11.6. The van der Waals surface area contributed by atoms with Crippen molar-refractivity contribution in [2.45, 2.75) is 25.6 Å². The third-order valence-electron chi connectivity index (χ3n) is 5.88. The number of aromatic nitrogens is 4. The Kier molecular flexibility index (Phi) is 6.79. The van der Waals surface area contributed by atoms with Crippen molar-refractivity contribution < 1.29 is 17.8 Å². The molecule has 1 aliphatic rings. The molecule has 190 valence electrons. The van der Waals surface area contributed by atoms with Gasteiger partial charge >= 0.3 is 0 Å². The van der Waals surface area contributed by atoms with E-state index in [2.05, 4.69) is 15.4 Å². The first kappa shape index (κ1) is 24.7. The largest absolute Gasteiger partial charge is 0.405 e. The smallest absolute Gasteiger partial charge is 0.256 e. The number of pyridine rings is 1. The minimum Gasteiger partial charge on any atom is -0.405 e. The molecule has 0 aliphatic carbocycles. The number of fused-ring (bicyclic) bond motifs is 2.